The van der Waals surface area contributed by atoms with Crippen molar-refractivity contribution in [2.45, 2.75) is 37.8 Å². The summed E-state index contributed by atoms with van der Waals surface area (Å²) in [6.45, 7) is 2.91. The molecule has 3 atom stereocenters. The molecule has 3 heterocycles. The molecule has 2 saturated heterocycles. The van der Waals surface area contributed by atoms with E-state index in [4.69, 9.17) is 15.0 Å². The molecule has 0 aliphatic carbocycles. The Labute approximate surface area is 118 Å². The molecule has 4 nitrogen and oxygen atoms in total. The number of nitrogens with one attached hydrogen (secondary N) is 1. The highest BCUT2D eigenvalue weighted by Crippen LogP contribution is 2.44. The van der Waals surface area contributed by atoms with Gasteiger partial charge in [-0.1, -0.05) is 0 Å². The summed E-state index contributed by atoms with van der Waals surface area (Å²) < 4.78 is 11.7. The van der Waals surface area contributed by atoms with Gasteiger partial charge in [0.25, 0.3) is 0 Å². The fourth-order valence-electron chi connectivity index (χ4n) is 3.34. The highest BCUT2D eigenvalue weighted by molar-refractivity contribution is 7.99. The van der Waals surface area contributed by atoms with Gasteiger partial charge in [0.1, 0.15) is 5.76 Å². The molecule has 0 saturated carbocycles. The second kappa shape index (κ2) is 5.48. The first kappa shape index (κ1) is 13.5. The first-order valence-electron chi connectivity index (χ1n) is 6.96. The number of ether oxygens (including phenoxy) is 1. The van der Waals surface area contributed by atoms with E-state index < -0.39 is 0 Å². The van der Waals surface area contributed by atoms with E-state index in [2.05, 4.69) is 12.3 Å². The van der Waals surface area contributed by atoms with Crippen molar-refractivity contribution < 1.29 is 9.15 Å². The first-order chi connectivity index (χ1) is 9.24. The van der Waals surface area contributed by atoms with Gasteiger partial charge in [0.05, 0.1) is 17.9 Å². The first-order valence-corrected chi connectivity index (χ1v) is 8.11. The van der Waals surface area contributed by atoms with Gasteiger partial charge in [-0.2, -0.15) is 11.8 Å². The summed E-state index contributed by atoms with van der Waals surface area (Å²) in [4.78, 5) is 0. The molecule has 0 amide bonds. The average molecular weight is 282 g/mol. The van der Waals surface area contributed by atoms with E-state index in [-0.39, 0.29) is 11.6 Å². The van der Waals surface area contributed by atoms with Gasteiger partial charge in [0.2, 0.25) is 0 Å². The molecule has 3 unspecified atom stereocenters. The largest absolute Gasteiger partial charge is 0.467 e. The molecule has 3 rings (SSSR count). The summed E-state index contributed by atoms with van der Waals surface area (Å²) in [5, 5.41) is 0. The lowest BCUT2D eigenvalue weighted by atomic mass is 9.80. The maximum absolute atomic E-state index is 6.08. The Morgan fingerprint density at radius 1 is 1.58 bits per heavy atom. The Kier molecular flexibility index (Phi) is 3.89. The van der Waals surface area contributed by atoms with E-state index in [9.17, 15) is 0 Å². The average Bonchev–Trinajstić information content (AvgIpc) is 3.02. The minimum Gasteiger partial charge on any atom is -0.467 e. The summed E-state index contributed by atoms with van der Waals surface area (Å²) in [6, 6.07) is 2.10. The second-order valence-corrected chi connectivity index (χ2v) is 6.80. The third-order valence-corrected chi connectivity index (χ3v) is 5.66. The van der Waals surface area contributed by atoms with E-state index >= 15 is 0 Å². The molecule has 106 valence electrons. The minimum atomic E-state index is 0.0865. The molecule has 2 fully saturated rings. The second-order valence-electron chi connectivity index (χ2n) is 5.70. The van der Waals surface area contributed by atoms with Gasteiger partial charge >= 0.3 is 0 Å². The number of hydrogen-bond donors (Lipinski definition) is 2. The van der Waals surface area contributed by atoms with Crippen molar-refractivity contribution in [2.24, 2.45) is 11.8 Å². The smallest absolute Gasteiger partial charge is 0.125 e. The summed E-state index contributed by atoms with van der Waals surface area (Å²) in [5.41, 5.74) is 4.22. The van der Waals surface area contributed by atoms with Crippen molar-refractivity contribution in [3.05, 3.63) is 23.7 Å². The summed E-state index contributed by atoms with van der Waals surface area (Å²) in [6.07, 6.45) is 5.04. The van der Waals surface area contributed by atoms with Gasteiger partial charge in [-0.3, -0.25) is 5.84 Å². The number of hydrogen-bond acceptors (Lipinski definition) is 5. The standard InChI is InChI=1S/C14H22N2O2S/c1-10-2-5-17-13(10)12(16-15)11-3-6-18-14(8-11)4-7-19-9-14/h2,5,11-12,16H,3-4,6-9,15H2,1H3. The van der Waals surface area contributed by atoms with E-state index in [1.54, 1.807) is 6.26 Å². The van der Waals surface area contributed by atoms with Crippen LogP contribution >= 0.6 is 11.8 Å². The highest BCUT2D eigenvalue weighted by Gasteiger charge is 2.43. The van der Waals surface area contributed by atoms with Crippen LogP contribution in [0.1, 0.15) is 36.6 Å². The zero-order valence-electron chi connectivity index (χ0n) is 11.4. The van der Waals surface area contributed by atoms with Crippen molar-refractivity contribution in [1.29, 1.82) is 0 Å². The molecule has 19 heavy (non-hydrogen) atoms. The molecule has 1 spiro atoms. The zero-order chi connectivity index (χ0) is 13.3. The normalized spacial score (nSPS) is 32.8. The SMILES string of the molecule is Cc1ccoc1C(NN)C1CCOC2(CCSC2)C1. The zero-order valence-corrected chi connectivity index (χ0v) is 12.2. The number of furan rings is 1. The third kappa shape index (κ3) is 2.57. The van der Waals surface area contributed by atoms with Crippen LogP contribution in [0, 0.1) is 12.8 Å². The van der Waals surface area contributed by atoms with Crippen molar-refractivity contribution >= 4 is 11.8 Å². The lowest BCUT2D eigenvalue weighted by molar-refractivity contribution is -0.0864. The van der Waals surface area contributed by atoms with Crippen LogP contribution in [-0.2, 0) is 4.74 Å². The summed E-state index contributed by atoms with van der Waals surface area (Å²) in [5.74, 6) is 9.60. The molecule has 0 radical (unpaired) electrons. The minimum absolute atomic E-state index is 0.0865. The van der Waals surface area contributed by atoms with Gasteiger partial charge in [0.15, 0.2) is 0 Å². The Morgan fingerprint density at radius 3 is 3.11 bits per heavy atom. The van der Waals surface area contributed by atoms with E-state index in [0.717, 1.165) is 31.0 Å². The Bertz CT molecular complexity index is 429. The lowest BCUT2D eigenvalue weighted by Gasteiger charge is -2.40. The van der Waals surface area contributed by atoms with Crippen molar-refractivity contribution in [1.82, 2.24) is 5.43 Å². The Balaban J connectivity index is 1.78. The van der Waals surface area contributed by atoms with Crippen molar-refractivity contribution in [2.75, 3.05) is 18.1 Å². The van der Waals surface area contributed by atoms with Crippen LogP contribution in [0.3, 0.4) is 0 Å². The van der Waals surface area contributed by atoms with Crippen LogP contribution in [-0.4, -0.2) is 23.7 Å². The molecule has 3 N–H and O–H groups in total. The van der Waals surface area contributed by atoms with Crippen molar-refractivity contribution in [3.63, 3.8) is 0 Å². The van der Waals surface area contributed by atoms with Gasteiger partial charge in [0, 0.05) is 12.4 Å². The van der Waals surface area contributed by atoms with Crippen LogP contribution < -0.4 is 11.3 Å². The molecule has 2 aliphatic rings. The number of rotatable bonds is 3. The number of nitrogens with two attached hydrogens (primary N) is 1. The van der Waals surface area contributed by atoms with Crippen molar-refractivity contribution in [3.8, 4) is 0 Å². The topological polar surface area (TPSA) is 60.4 Å². The van der Waals surface area contributed by atoms with Crippen LogP contribution in [0.5, 0.6) is 0 Å². The van der Waals surface area contributed by atoms with E-state index in [1.165, 1.54) is 17.7 Å². The fraction of sp³-hybridized carbons (Fsp3) is 0.714. The number of aryl methyl sites for hydroxylation is 1. The van der Waals surface area contributed by atoms with Gasteiger partial charge in [-0.25, -0.2) is 5.43 Å². The predicted octanol–water partition coefficient (Wildman–Crippen LogP) is 2.39. The highest BCUT2D eigenvalue weighted by atomic mass is 32.2. The predicted molar refractivity (Wildman–Crippen MR) is 76.9 cm³/mol. The molecule has 5 heteroatoms. The maximum atomic E-state index is 6.08. The molecule has 1 aromatic rings. The van der Waals surface area contributed by atoms with Gasteiger partial charge in [-0.05, 0) is 49.5 Å². The van der Waals surface area contributed by atoms with Crippen LogP contribution in [0.4, 0.5) is 0 Å². The summed E-state index contributed by atoms with van der Waals surface area (Å²) >= 11 is 2.00. The Hall–Kier alpha value is -0.490. The molecule has 0 bridgehead atoms. The molecule has 0 aromatic carbocycles. The van der Waals surface area contributed by atoms with E-state index in [0.29, 0.717) is 5.92 Å². The van der Waals surface area contributed by atoms with E-state index in [1.807, 2.05) is 17.8 Å². The monoisotopic (exact) mass is 282 g/mol. The molecular weight excluding hydrogens is 260 g/mol. The Morgan fingerprint density at radius 2 is 2.47 bits per heavy atom. The molecule has 1 aromatic heterocycles. The van der Waals surface area contributed by atoms with Crippen LogP contribution in [0.2, 0.25) is 0 Å². The molecular formula is C14H22N2O2S. The van der Waals surface area contributed by atoms with Gasteiger partial charge < -0.3 is 9.15 Å². The maximum Gasteiger partial charge on any atom is 0.125 e. The molecule has 2 aliphatic heterocycles. The quantitative estimate of drug-likeness (QED) is 0.658. The van der Waals surface area contributed by atoms with Crippen LogP contribution in [0.15, 0.2) is 16.7 Å². The van der Waals surface area contributed by atoms with Gasteiger partial charge in [-0.15, -0.1) is 0 Å². The summed E-state index contributed by atoms with van der Waals surface area (Å²) in [7, 11) is 0. The third-order valence-electron chi connectivity index (χ3n) is 4.43. The van der Waals surface area contributed by atoms with Crippen LogP contribution in [0.25, 0.3) is 0 Å². The number of thioether (sulfide) groups is 1. The number of hydrazine groups is 1. The lowest BCUT2D eigenvalue weighted by Crippen LogP contribution is -2.45. The fourth-order valence-corrected chi connectivity index (χ4v) is 4.72.